The van der Waals surface area contributed by atoms with Gasteiger partial charge < -0.3 is 10.5 Å². The van der Waals surface area contributed by atoms with Crippen molar-refractivity contribution in [1.29, 1.82) is 0 Å². The summed E-state index contributed by atoms with van der Waals surface area (Å²) in [7, 11) is 0. The van der Waals surface area contributed by atoms with Crippen molar-refractivity contribution in [2.75, 3.05) is 6.61 Å². The zero-order valence-electron chi connectivity index (χ0n) is 20.6. The molecule has 0 heterocycles. The second-order valence-corrected chi connectivity index (χ2v) is 12.6. The van der Waals surface area contributed by atoms with Crippen LogP contribution in [-0.4, -0.2) is 18.6 Å². The van der Waals surface area contributed by atoms with Gasteiger partial charge in [-0.3, -0.25) is 4.79 Å². The minimum atomic E-state index is -0.0647. The molecular weight excluding hydrogens is 382 g/mol. The first-order chi connectivity index (χ1) is 14.6. The third kappa shape index (κ3) is 3.81. The molecule has 9 atom stereocenters. The van der Waals surface area contributed by atoms with E-state index in [-0.39, 0.29) is 5.97 Å². The van der Waals surface area contributed by atoms with E-state index in [1.807, 2.05) is 0 Å². The van der Waals surface area contributed by atoms with Gasteiger partial charge in [0.05, 0.1) is 0 Å². The largest absolute Gasteiger partial charge is 0.461 e. The molecule has 4 saturated carbocycles. The molecule has 176 valence electrons. The van der Waals surface area contributed by atoms with E-state index in [0.717, 1.165) is 30.1 Å². The molecule has 0 aliphatic heterocycles. The van der Waals surface area contributed by atoms with E-state index in [4.69, 9.17) is 10.5 Å². The zero-order valence-corrected chi connectivity index (χ0v) is 20.6. The van der Waals surface area contributed by atoms with E-state index in [0.29, 0.717) is 41.2 Å². The quantitative estimate of drug-likeness (QED) is 0.387. The third-order valence-corrected chi connectivity index (χ3v) is 11.3. The molecule has 3 nitrogen and oxygen atoms in total. The van der Waals surface area contributed by atoms with Crippen molar-refractivity contribution in [3.63, 3.8) is 0 Å². The summed E-state index contributed by atoms with van der Waals surface area (Å²) in [6.07, 6.45) is 15.3. The van der Waals surface area contributed by atoms with Gasteiger partial charge in [-0.25, -0.2) is 0 Å². The van der Waals surface area contributed by atoms with Gasteiger partial charge in [-0.1, -0.05) is 40.3 Å². The summed E-state index contributed by atoms with van der Waals surface area (Å²) in [5, 5.41) is 0. The minimum Gasteiger partial charge on any atom is -0.461 e. The Morgan fingerprint density at radius 1 is 1.10 bits per heavy atom. The molecule has 1 unspecified atom stereocenters. The maximum atomic E-state index is 12.0. The van der Waals surface area contributed by atoms with Crippen molar-refractivity contribution in [1.82, 2.24) is 0 Å². The summed E-state index contributed by atoms with van der Waals surface area (Å²) in [5.41, 5.74) is 7.83. The first kappa shape index (κ1) is 23.3. The summed E-state index contributed by atoms with van der Waals surface area (Å²) in [6.45, 7) is 14.2. The average molecular weight is 430 g/mol. The molecule has 3 heteroatoms. The Kier molecular flexibility index (Phi) is 6.40. The third-order valence-electron chi connectivity index (χ3n) is 11.3. The van der Waals surface area contributed by atoms with Gasteiger partial charge in [-0.15, -0.1) is 0 Å². The standard InChI is InChI=1S/C28H47NO2/c1-6-17-31-25(30)10-7-19(2)22-8-9-23-21-12-14-26(3)18-20(29)11-16-28(26,5)24(21)13-15-27(22,23)4/h6,19-24H,1,7-18,29H2,2-5H3/t19-,20-,21+,22?,23+,24+,26-,27-,28-/m1/s1. The Labute approximate surface area is 190 Å². The highest BCUT2D eigenvalue weighted by Gasteiger charge is 2.63. The van der Waals surface area contributed by atoms with Crippen LogP contribution in [0.25, 0.3) is 0 Å². The summed E-state index contributed by atoms with van der Waals surface area (Å²) < 4.78 is 5.22. The Morgan fingerprint density at radius 2 is 1.87 bits per heavy atom. The van der Waals surface area contributed by atoms with Crippen LogP contribution in [0.2, 0.25) is 0 Å². The molecule has 4 rings (SSSR count). The normalized spacial score (nSPS) is 47.6. The summed E-state index contributed by atoms with van der Waals surface area (Å²) in [6, 6.07) is 0.415. The van der Waals surface area contributed by atoms with Crippen LogP contribution in [0.4, 0.5) is 0 Å². The van der Waals surface area contributed by atoms with Crippen LogP contribution in [0.15, 0.2) is 12.7 Å². The predicted octanol–water partition coefficient (Wildman–Crippen LogP) is 6.51. The van der Waals surface area contributed by atoms with Crippen molar-refractivity contribution >= 4 is 5.97 Å². The molecule has 4 fully saturated rings. The number of hydrogen-bond acceptors (Lipinski definition) is 3. The van der Waals surface area contributed by atoms with E-state index in [9.17, 15) is 4.79 Å². The van der Waals surface area contributed by atoms with Gasteiger partial charge in [0, 0.05) is 12.5 Å². The molecule has 4 aliphatic rings. The van der Waals surface area contributed by atoms with Crippen LogP contribution in [-0.2, 0) is 9.53 Å². The monoisotopic (exact) mass is 429 g/mol. The smallest absolute Gasteiger partial charge is 0.306 e. The maximum absolute atomic E-state index is 12.0. The molecule has 0 spiro atoms. The highest BCUT2D eigenvalue weighted by Crippen LogP contribution is 2.71. The van der Waals surface area contributed by atoms with Crippen molar-refractivity contribution < 1.29 is 9.53 Å². The first-order valence-electron chi connectivity index (χ1n) is 13.2. The van der Waals surface area contributed by atoms with Gasteiger partial charge in [0.25, 0.3) is 0 Å². The lowest BCUT2D eigenvalue weighted by Crippen LogP contribution is -2.59. The van der Waals surface area contributed by atoms with Gasteiger partial charge in [0.1, 0.15) is 6.61 Å². The SMILES string of the molecule is C=CCOC(=O)CC[C@@H](C)C1CC[C@H]2[C@@H]3CC[C@]4(C)C[C@H](N)CC[C@]4(C)[C@H]3CC[C@]12C. The number of nitrogens with two attached hydrogens (primary N) is 1. The van der Waals surface area contributed by atoms with E-state index >= 15 is 0 Å². The number of rotatable bonds is 6. The fraction of sp³-hybridized carbons (Fsp3) is 0.893. The number of fused-ring (bicyclic) bond motifs is 5. The molecule has 0 radical (unpaired) electrons. The number of esters is 1. The van der Waals surface area contributed by atoms with Gasteiger partial charge in [0.15, 0.2) is 0 Å². The lowest BCUT2D eigenvalue weighted by atomic mass is 9.40. The summed E-state index contributed by atoms with van der Waals surface area (Å²) >= 11 is 0. The number of ether oxygens (including phenoxy) is 1. The lowest BCUT2D eigenvalue weighted by molar-refractivity contribution is -0.157. The Morgan fingerprint density at radius 3 is 2.61 bits per heavy atom. The second-order valence-electron chi connectivity index (χ2n) is 12.6. The van der Waals surface area contributed by atoms with E-state index in [2.05, 4.69) is 34.3 Å². The summed E-state index contributed by atoms with van der Waals surface area (Å²) in [5.74, 6) is 3.96. The molecule has 0 aromatic carbocycles. The fourth-order valence-corrected chi connectivity index (χ4v) is 9.43. The van der Waals surface area contributed by atoms with Crippen LogP contribution >= 0.6 is 0 Å². The van der Waals surface area contributed by atoms with E-state index < -0.39 is 0 Å². The Hall–Kier alpha value is -0.830. The number of hydrogen-bond donors (Lipinski definition) is 1. The van der Waals surface area contributed by atoms with Crippen LogP contribution in [0.1, 0.15) is 98.3 Å². The minimum absolute atomic E-state index is 0.0647. The molecule has 0 aromatic rings. The van der Waals surface area contributed by atoms with E-state index in [1.165, 1.54) is 57.8 Å². The lowest BCUT2D eigenvalue weighted by Gasteiger charge is -2.65. The average Bonchev–Trinajstić information content (AvgIpc) is 3.08. The number of carbonyl (C=O) groups is 1. The molecule has 0 amide bonds. The summed E-state index contributed by atoms with van der Waals surface area (Å²) in [4.78, 5) is 12.0. The fourth-order valence-electron chi connectivity index (χ4n) is 9.43. The second kappa shape index (κ2) is 8.50. The topological polar surface area (TPSA) is 52.3 Å². The predicted molar refractivity (Wildman–Crippen MR) is 127 cm³/mol. The van der Waals surface area contributed by atoms with Crippen molar-refractivity contribution in [2.24, 2.45) is 51.6 Å². The molecule has 2 N–H and O–H groups in total. The highest BCUT2D eigenvalue weighted by molar-refractivity contribution is 5.69. The van der Waals surface area contributed by atoms with Crippen LogP contribution in [0, 0.1) is 45.8 Å². The van der Waals surface area contributed by atoms with Crippen LogP contribution in [0.3, 0.4) is 0 Å². The Bertz CT molecular complexity index is 690. The molecular formula is C28H47NO2. The van der Waals surface area contributed by atoms with E-state index in [1.54, 1.807) is 6.08 Å². The van der Waals surface area contributed by atoms with Gasteiger partial charge in [-0.05, 0) is 110 Å². The highest BCUT2D eigenvalue weighted by atomic mass is 16.5. The van der Waals surface area contributed by atoms with Crippen molar-refractivity contribution in [2.45, 2.75) is 104 Å². The molecule has 0 bridgehead atoms. The zero-order chi connectivity index (χ0) is 22.4. The molecule has 0 aromatic heterocycles. The Balaban J connectivity index is 1.45. The number of carbonyl (C=O) groups excluding carboxylic acids is 1. The maximum Gasteiger partial charge on any atom is 0.306 e. The van der Waals surface area contributed by atoms with Crippen LogP contribution < -0.4 is 5.73 Å². The van der Waals surface area contributed by atoms with Crippen molar-refractivity contribution in [3.05, 3.63) is 12.7 Å². The molecule has 4 aliphatic carbocycles. The van der Waals surface area contributed by atoms with Gasteiger partial charge >= 0.3 is 5.97 Å². The van der Waals surface area contributed by atoms with Crippen molar-refractivity contribution in [3.8, 4) is 0 Å². The van der Waals surface area contributed by atoms with Gasteiger partial charge in [0.2, 0.25) is 0 Å². The first-order valence-corrected chi connectivity index (χ1v) is 13.2. The van der Waals surface area contributed by atoms with Gasteiger partial charge in [-0.2, -0.15) is 0 Å². The molecule has 31 heavy (non-hydrogen) atoms. The molecule has 0 saturated heterocycles. The van der Waals surface area contributed by atoms with Crippen LogP contribution in [0.5, 0.6) is 0 Å².